The van der Waals surface area contributed by atoms with Crippen LogP contribution in [-0.4, -0.2) is 24.2 Å². The first-order chi connectivity index (χ1) is 17.4. The number of nitro benzene ring substituents is 1. The average molecular weight is 565 g/mol. The standard InChI is InChI=1S/C25H17BrN4O5S/c1-34-21-9-15(8-20(26)24(21)35-14-17-5-3-2-4-16(17)12-27)13-28-29-25(31)23-11-18-10-19(30(32)33)6-7-22(18)36-23/h2-11,13H,14H2,1H3,(H,29,31)/b28-13-. The molecule has 0 saturated carbocycles. The van der Waals surface area contributed by atoms with E-state index in [2.05, 4.69) is 32.5 Å². The summed E-state index contributed by atoms with van der Waals surface area (Å²) in [6, 6.07) is 18.8. The molecule has 0 fully saturated rings. The van der Waals surface area contributed by atoms with Gasteiger partial charge in [0.2, 0.25) is 0 Å². The van der Waals surface area contributed by atoms with E-state index in [1.54, 1.807) is 36.4 Å². The maximum atomic E-state index is 12.5. The first-order valence-corrected chi connectivity index (χ1v) is 12.0. The van der Waals surface area contributed by atoms with Crippen molar-refractivity contribution >= 4 is 55.2 Å². The Balaban J connectivity index is 1.46. The highest BCUT2D eigenvalue weighted by Gasteiger charge is 2.14. The van der Waals surface area contributed by atoms with Crippen LogP contribution in [0.1, 0.15) is 26.4 Å². The Kier molecular flexibility index (Phi) is 7.58. The molecule has 0 spiro atoms. The molecule has 4 aromatic rings. The fraction of sp³-hybridized carbons (Fsp3) is 0.0800. The Bertz CT molecular complexity index is 1540. The highest BCUT2D eigenvalue weighted by atomic mass is 79.9. The van der Waals surface area contributed by atoms with Crippen molar-refractivity contribution in [2.75, 3.05) is 7.11 Å². The Morgan fingerprint density at radius 1 is 1.25 bits per heavy atom. The summed E-state index contributed by atoms with van der Waals surface area (Å²) in [7, 11) is 1.51. The summed E-state index contributed by atoms with van der Waals surface area (Å²) in [5, 5.41) is 24.9. The van der Waals surface area contributed by atoms with E-state index >= 15 is 0 Å². The van der Waals surface area contributed by atoms with E-state index in [0.717, 1.165) is 10.3 Å². The number of methoxy groups -OCH3 is 1. The molecule has 9 nitrogen and oxygen atoms in total. The third-order valence-electron chi connectivity index (χ3n) is 5.08. The summed E-state index contributed by atoms with van der Waals surface area (Å²) in [5.41, 5.74) is 4.34. The molecule has 0 aliphatic carbocycles. The number of hydrogen-bond acceptors (Lipinski definition) is 8. The SMILES string of the molecule is COc1cc(/C=N\NC(=O)c2cc3cc([N+](=O)[O-])ccc3s2)cc(Br)c1OCc1ccccc1C#N. The molecular weight excluding hydrogens is 548 g/mol. The van der Waals surface area contributed by atoms with Crippen molar-refractivity contribution < 1.29 is 19.2 Å². The molecule has 1 heterocycles. The van der Waals surface area contributed by atoms with E-state index in [4.69, 9.17) is 9.47 Å². The van der Waals surface area contributed by atoms with Gasteiger partial charge in [0.25, 0.3) is 11.6 Å². The quantitative estimate of drug-likeness (QED) is 0.164. The zero-order valence-electron chi connectivity index (χ0n) is 18.7. The number of benzene rings is 3. The minimum absolute atomic E-state index is 0.0356. The van der Waals surface area contributed by atoms with Gasteiger partial charge in [0.15, 0.2) is 11.5 Å². The first kappa shape index (κ1) is 24.8. The molecule has 1 aromatic heterocycles. The zero-order valence-corrected chi connectivity index (χ0v) is 21.1. The highest BCUT2D eigenvalue weighted by Crippen LogP contribution is 2.37. The molecule has 180 valence electrons. The first-order valence-electron chi connectivity index (χ1n) is 10.4. The minimum Gasteiger partial charge on any atom is -0.493 e. The van der Waals surface area contributed by atoms with Gasteiger partial charge in [0, 0.05) is 27.8 Å². The number of nitrogens with zero attached hydrogens (tertiary/aromatic N) is 3. The summed E-state index contributed by atoms with van der Waals surface area (Å²) in [6.07, 6.45) is 1.46. The third kappa shape index (κ3) is 5.51. The molecule has 11 heteroatoms. The van der Waals surface area contributed by atoms with Crippen LogP contribution in [0.3, 0.4) is 0 Å². The smallest absolute Gasteiger partial charge is 0.281 e. The van der Waals surface area contributed by atoms with Crippen molar-refractivity contribution in [1.29, 1.82) is 5.26 Å². The second kappa shape index (κ2) is 11.0. The van der Waals surface area contributed by atoms with Crippen LogP contribution in [0.15, 0.2) is 70.2 Å². The van der Waals surface area contributed by atoms with E-state index in [-0.39, 0.29) is 12.3 Å². The number of nitro groups is 1. The topological polar surface area (TPSA) is 127 Å². The van der Waals surface area contributed by atoms with Crippen molar-refractivity contribution in [3.8, 4) is 17.6 Å². The van der Waals surface area contributed by atoms with Gasteiger partial charge in [-0.3, -0.25) is 14.9 Å². The molecule has 4 rings (SSSR count). The number of halogens is 1. The second-order valence-corrected chi connectivity index (χ2v) is 9.32. The van der Waals surface area contributed by atoms with Gasteiger partial charge in [-0.05, 0) is 51.8 Å². The van der Waals surface area contributed by atoms with Gasteiger partial charge in [-0.2, -0.15) is 10.4 Å². The molecule has 0 bridgehead atoms. The molecular formula is C25H17BrN4O5S. The van der Waals surface area contributed by atoms with E-state index in [1.165, 1.54) is 36.8 Å². The number of carbonyl (C=O) groups is 1. The van der Waals surface area contributed by atoms with E-state index in [1.807, 2.05) is 12.1 Å². The largest absolute Gasteiger partial charge is 0.493 e. The summed E-state index contributed by atoms with van der Waals surface area (Å²) < 4.78 is 12.7. The number of nitriles is 1. The number of hydrazone groups is 1. The van der Waals surface area contributed by atoms with Crippen LogP contribution in [-0.2, 0) is 6.61 Å². The maximum Gasteiger partial charge on any atom is 0.281 e. The van der Waals surface area contributed by atoms with Gasteiger partial charge in [0.1, 0.15) is 6.61 Å². The van der Waals surface area contributed by atoms with Gasteiger partial charge in [-0.25, -0.2) is 5.43 Å². The van der Waals surface area contributed by atoms with Gasteiger partial charge >= 0.3 is 0 Å². The van der Waals surface area contributed by atoms with Crippen molar-refractivity contribution in [2.45, 2.75) is 6.61 Å². The zero-order chi connectivity index (χ0) is 25.7. The van der Waals surface area contributed by atoms with E-state index in [0.29, 0.717) is 37.4 Å². The van der Waals surface area contributed by atoms with Gasteiger partial charge in [-0.1, -0.05) is 18.2 Å². The number of amides is 1. The summed E-state index contributed by atoms with van der Waals surface area (Å²) in [6.45, 7) is 0.181. The number of hydrogen-bond donors (Lipinski definition) is 1. The van der Waals surface area contributed by atoms with Crippen LogP contribution in [0, 0.1) is 21.4 Å². The Hall–Kier alpha value is -4.27. The number of ether oxygens (including phenoxy) is 2. The third-order valence-corrected chi connectivity index (χ3v) is 6.78. The lowest BCUT2D eigenvalue weighted by Crippen LogP contribution is -2.16. The number of thiophene rings is 1. The monoisotopic (exact) mass is 564 g/mol. The second-order valence-electron chi connectivity index (χ2n) is 7.38. The van der Waals surface area contributed by atoms with E-state index < -0.39 is 10.8 Å². The number of fused-ring (bicyclic) bond motifs is 1. The summed E-state index contributed by atoms with van der Waals surface area (Å²) in [4.78, 5) is 23.4. The van der Waals surface area contributed by atoms with Crippen molar-refractivity contribution in [3.05, 3.63) is 96.8 Å². The van der Waals surface area contributed by atoms with Crippen LogP contribution in [0.25, 0.3) is 10.1 Å². The lowest BCUT2D eigenvalue weighted by molar-refractivity contribution is -0.384. The van der Waals surface area contributed by atoms with E-state index in [9.17, 15) is 20.2 Å². The average Bonchev–Trinajstić information content (AvgIpc) is 3.31. The van der Waals surface area contributed by atoms with Crippen LogP contribution in [0.5, 0.6) is 11.5 Å². The minimum atomic E-state index is -0.477. The van der Waals surface area contributed by atoms with Crippen LogP contribution in [0.4, 0.5) is 5.69 Å². The Morgan fingerprint density at radius 3 is 2.81 bits per heavy atom. The molecule has 0 unspecified atom stereocenters. The fourth-order valence-corrected chi connectivity index (χ4v) is 4.84. The molecule has 0 saturated heterocycles. The number of rotatable bonds is 8. The highest BCUT2D eigenvalue weighted by molar-refractivity contribution is 9.10. The lowest BCUT2D eigenvalue weighted by Gasteiger charge is -2.14. The van der Waals surface area contributed by atoms with Crippen molar-refractivity contribution in [2.24, 2.45) is 5.10 Å². The predicted octanol–water partition coefficient (Wildman–Crippen LogP) is 5.80. The molecule has 1 amide bonds. The molecule has 1 N–H and O–H groups in total. The number of carbonyl (C=O) groups excluding carboxylic acids is 1. The van der Waals surface area contributed by atoms with Crippen molar-refractivity contribution in [1.82, 2.24) is 5.43 Å². The van der Waals surface area contributed by atoms with Crippen LogP contribution in [0.2, 0.25) is 0 Å². The van der Waals surface area contributed by atoms with Gasteiger partial charge < -0.3 is 9.47 Å². The maximum absolute atomic E-state index is 12.5. The van der Waals surface area contributed by atoms with Crippen molar-refractivity contribution in [3.63, 3.8) is 0 Å². The van der Waals surface area contributed by atoms with Crippen LogP contribution < -0.4 is 14.9 Å². The van der Waals surface area contributed by atoms with Crippen LogP contribution >= 0.6 is 27.3 Å². The molecule has 0 aliphatic rings. The normalized spacial score (nSPS) is 10.8. The van der Waals surface area contributed by atoms with Gasteiger partial charge in [0.05, 0.1) is 39.2 Å². The summed E-state index contributed by atoms with van der Waals surface area (Å²) in [5.74, 6) is 0.473. The fourth-order valence-electron chi connectivity index (χ4n) is 3.34. The predicted molar refractivity (Wildman–Crippen MR) is 140 cm³/mol. The molecule has 0 radical (unpaired) electrons. The summed E-state index contributed by atoms with van der Waals surface area (Å²) >= 11 is 4.69. The van der Waals surface area contributed by atoms with Gasteiger partial charge in [-0.15, -0.1) is 11.3 Å². The molecule has 36 heavy (non-hydrogen) atoms. The lowest BCUT2D eigenvalue weighted by atomic mass is 10.1. The molecule has 0 atom stereocenters. The number of nitrogens with one attached hydrogen (secondary N) is 1. The number of non-ortho nitro benzene ring substituents is 1. The Labute approximate surface area is 217 Å². The molecule has 3 aromatic carbocycles. The Morgan fingerprint density at radius 2 is 2.06 bits per heavy atom. The molecule has 0 aliphatic heterocycles.